The normalized spacial score (nSPS) is 19.0. The first-order valence-corrected chi connectivity index (χ1v) is 8.67. The molecular weight excluding hydrogens is 346 g/mol. The van der Waals surface area contributed by atoms with Gasteiger partial charge in [0.2, 0.25) is 0 Å². The number of hydrogen-bond acceptors (Lipinski definition) is 4. The van der Waals surface area contributed by atoms with E-state index < -0.39 is 0 Å². The minimum atomic E-state index is -0.319. The smallest absolute Gasteiger partial charge is 0.319 e. The topological polar surface area (TPSA) is 101 Å². The number of carbonyl (C=O) groups is 2. The number of carbonyl (C=O) groups excluding carboxylic acids is 2. The number of amides is 3. The lowest BCUT2D eigenvalue weighted by molar-refractivity contribution is 0.0935. The summed E-state index contributed by atoms with van der Waals surface area (Å²) in [4.78, 5) is 39.6. The molecule has 1 saturated heterocycles. The number of hydrogen-bond donors (Lipinski definition) is 2. The van der Waals surface area contributed by atoms with Gasteiger partial charge in [0.15, 0.2) is 0 Å². The fraction of sp³-hybridized carbons (Fsp3) is 0.316. The van der Waals surface area contributed by atoms with Gasteiger partial charge in [0.1, 0.15) is 0 Å². The fourth-order valence-corrected chi connectivity index (χ4v) is 3.09. The fourth-order valence-electron chi connectivity index (χ4n) is 3.09. The molecule has 0 saturated carbocycles. The number of rotatable bonds is 3. The van der Waals surface area contributed by atoms with Crippen LogP contribution in [0.4, 0.5) is 4.79 Å². The zero-order valence-electron chi connectivity index (χ0n) is 15.3. The molecule has 27 heavy (non-hydrogen) atoms. The summed E-state index contributed by atoms with van der Waals surface area (Å²) in [7, 11) is 3.36. The molecule has 1 aliphatic heterocycles. The van der Waals surface area contributed by atoms with E-state index in [1.165, 1.54) is 15.5 Å². The largest absolute Gasteiger partial charge is 0.346 e. The van der Waals surface area contributed by atoms with Crippen LogP contribution in [0.2, 0.25) is 0 Å². The van der Waals surface area contributed by atoms with Gasteiger partial charge >= 0.3 is 6.03 Å². The Balaban J connectivity index is 1.67. The summed E-state index contributed by atoms with van der Waals surface area (Å²) in [5.74, 6) is -0.262. The summed E-state index contributed by atoms with van der Waals surface area (Å²) in [5, 5.41) is 2.89. The van der Waals surface area contributed by atoms with Crippen LogP contribution in [0.25, 0.3) is 5.69 Å². The summed E-state index contributed by atoms with van der Waals surface area (Å²) in [6, 6.07) is 10.9. The van der Waals surface area contributed by atoms with Gasteiger partial charge in [0.25, 0.3) is 11.5 Å². The molecule has 2 heterocycles. The minimum Gasteiger partial charge on any atom is -0.346 e. The minimum absolute atomic E-state index is 0.125. The van der Waals surface area contributed by atoms with Gasteiger partial charge in [-0.3, -0.25) is 14.2 Å². The van der Waals surface area contributed by atoms with E-state index in [-0.39, 0.29) is 29.6 Å². The van der Waals surface area contributed by atoms with Gasteiger partial charge in [-0.1, -0.05) is 6.07 Å². The molecule has 1 aromatic carbocycles. The monoisotopic (exact) mass is 369 g/mol. The van der Waals surface area contributed by atoms with E-state index in [4.69, 9.17) is 5.73 Å². The molecule has 0 bridgehead atoms. The van der Waals surface area contributed by atoms with Crippen molar-refractivity contribution in [3.63, 3.8) is 0 Å². The maximum absolute atomic E-state index is 12.5. The second kappa shape index (κ2) is 7.63. The first-order valence-electron chi connectivity index (χ1n) is 8.67. The van der Waals surface area contributed by atoms with E-state index in [9.17, 15) is 14.4 Å². The van der Waals surface area contributed by atoms with E-state index in [0.29, 0.717) is 24.3 Å². The van der Waals surface area contributed by atoms with Crippen LogP contribution < -0.4 is 16.6 Å². The Hall–Kier alpha value is -3.13. The second-order valence-electron chi connectivity index (χ2n) is 6.78. The van der Waals surface area contributed by atoms with Crippen LogP contribution in [0.1, 0.15) is 10.4 Å². The molecule has 3 N–H and O–H groups in total. The summed E-state index contributed by atoms with van der Waals surface area (Å²) in [5.41, 5.74) is 7.09. The average molecular weight is 369 g/mol. The zero-order valence-corrected chi connectivity index (χ0v) is 15.3. The molecule has 8 nitrogen and oxygen atoms in total. The van der Waals surface area contributed by atoms with Crippen LogP contribution in [-0.4, -0.2) is 65.6 Å². The Kier molecular flexibility index (Phi) is 5.27. The number of likely N-dealkylation sites (tertiary alicyclic amines) is 1. The van der Waals surface area contributed by atoms with Crippen molar-refractivity contribution in [2.24, 2.45) is 5.73 Å². The number of urea groups is 1. The van der Waals surface area contributed by atoms with Crippen LogP contribution in [0.5, 0.6) is 0 Å². The Bertz CT molecular complexity index is 891. The Morgan fingerprint density at radius 1 is 1.11 bits per heavy atom. The Morgan fingerprint density at radius 3 is 2.44 bits per heavy atom. The highest BCUT2D eigenvalue weighted by molar-refractivity contribution is 5.94. The SMILES string of the molecule is CN(C)C(=O)N1CC(N)C(NC(=O)c2ccc(-n3ccccc3=O)cc2)C1. The van der Waals surface area contributed by atoms with Crippen LogP contribution in [0, 0.1) is 0 Å². The van der Waals surface area contributed by atoms with Crippen molar-refractivity contribution >= 4 is 11.9 Å². The quantitative estimate of drug-likeness (QED) is 0.810. The van der Waals surface area contributed by atoms with Gasteiger partial charge in [-0.25, -0.2) is 4.79 Å². The summed E-state index contributed by atoms with van der Waals surface area (Å²) in [6.07, 6.45) is 1.67. The van der Waals surface area contributed by atoms with Crippen molar-refractivity contribution in [2.45, 2.75) is 12.1 Å². The molecule has 0 aliphatic carbocycles. The van der Waals surface area contributed by atoms with E-state index in [2.05, 4.69) is 5.32 Å². The molecule has 3 rings (SSSR count). The molecule has 2 aromatic rings. The standard InChI is InChI=1S/C19H23N5O3/c1-22(2)19(27)23-11-15(20)16(12-23)21-18(26)13-6-8-14(9-7-13)24-10-4-3-5-17(24)25/h3-10,15-16H,11-12,20H2,1-2H3,(H,21,26). The molecule has 2 unspecified atom stereocenters. The lowest BCUT2D eigenvalue weighted by Gasteiger charge is -2.21. The average Bonchev–Trinajstić information content (AvgIpc) is 3.02. The molecule has 1 fully saturated rings. The van der Waals surface area contributed by atoms with Crippen molar-refractivity contribution in [3.05, 3.63) is 64.6 Å². The van der Waals surface area contributed by atoms with E-state index >= 15 is 0 Å². The highest BCUT2D eigenvalue weighted by atomic mass is 16.2. The van der Waals surface area contributed by atoms with E-state index in [1.54, 1.807) is 61.6 Å². The predicted octanol–water partition coefficient (Wildman–Crippen LogP) is 0.260. The number of nitrogens with two attached hydrogens (primary N) is 1. The van der Waals surface area contributed by atoms with Gasteiger partial charge in [-0.2, -0.15) is 0 Å². The maximum atomic E-state index is 12.5. The van der Waals surface area contributed by atoms with Gasteiger partial charge in [-0.15, -0.1) is 0 Å². The van der Waals surface area contributed by atoms with Crippen LogP contribution in [0.15, 0.2) is 53.5 Å². The summed E-state index contributed by atoms with van der Waals surface area (Å²) < 4.78 is 1.50. The van der Waals surface area contributed by atoms with Crippen LogP contribution >= 0.6 is 0 Å². The second-order valence-corrected chi connectivity index (χ2v) is 6.78. The number of benzene rings is 1. The number of pyridine rings is 1. The number of aromatic nitrogens is 1. The van der Waals surface area contributed by atoms with E-state index in [1.807, 2.05) is 0 Å². The van der Waals surface area contributed by atoms with E-state index in [0.717, 1.165) is 0 Å². The van der Waals surface area contributed by atoms with Crippen molar-refractivity contribution < 1.29 is 9.59 Å². The molecule has 8 heteroatoms. The molecule has 142 valence electrons. The highest BCUT2D eigenvalue weighted by Gasteiger charge is 2.34. The first kappa shape index (κ1) is 18.7. The van der Waals surface area contributed by atoms with Crippen molar-refractivity contribution in [1.82, 2.24) is 19.7 Å². The Morgan fingerprint density at radius 2 is 1.81 bits per heavy atom. The summed E-state index contributed by atoms with van der Waals surface area (Å²) >= 11 is 0. The lowest BCUT2D eigenvalue weighted by atomic mass is 10.1. The maximum Gasteiger partial charge on any atom is 0.319 e. The number of nitrogens with zero attached hydrogens (tertiary/aromatic N) is 3. The third-order valence-electron chi connectivity index (χ3n) is 4.56. The van der Waals surface area contributed by atoms with Crippen molar-refractivity contribution in [2.75, 3.05) is 27.2 Å². The van der Waals surface area contributed by atoms with Crippen molar-refractivity contribution in [1.29, 1.82) is 0 Å². The molecule has 1 aliphatic rings. The van der Waals surface area contributed by atoms with Crippen molar-refractivity contribution in [3.8, 4) is 5.69 Å². The Labute approximate surface area is 157 Å². The summed E-state index contributed by atoms with van der Waals surface area (Å²) in [6.45, 7) is 0.777. The third-order valence-corrected chi connectivity index (χ3v) is 4.56. The zero-order chi connectivity index (χ0) is 19.6. The van der Waals surface area contributed by atoms with Gasteiger partial charge in [0.05, 0.1) is 6.04 Å². The molecule has 0 spiro atoms. The van der Waals surface area contributed by atoms with Gasteiger partial charge in [0, 0.05) is 56.7 Å². The van der Waals surface area contributed by atoms with Crippen LogP contribution in [0.3, 0.4) is 0 Å². The van der Waals surface area contributed by atoms with Gasteiger partial charge < -0.3 is 20.9 Å². The predicted molar refractivity (Wildman–Crippen MR) is 102 cm³/mol. The van der Waals surface area contributed by atoms with Gasteiger partial charge in [-0.05, 0) is 30.3 Å². The van der Waals surface area contributed by atoms with Crippen LogP contribution in [-0.2, 0) is 0 Å². The number of nitrogens with one attached hydrogen (secondary N) is 1. The molecule has 3 amide bonds. The molecule has 0 radical (unpaired) electrons. The molecule has 2 atom stereocenters. The highest BCUT2D eigenvalue weighted by Crippen LogP contribution is 2.12. The lowest BCUT2D eigenvalue weighted by Crippen LogP contribution is -2.46. The molecular formula is C19H23N5O3. The molecule has 1 aromatic heterocycles. The third kappa shape index (κ3) is 4.01. The first-order chi connectivity index (χ1) is 12.9.